The van der Waals surface area contributed by atoms with E-state index >= 15 is 0 Å². The Morgan fingerprint density at radius 2 is 1.69 bits per heavy atom. The third kappa shape index (κ3) is 4.50. The van der Waals surface area contributed by atoms with Crippen LogP contribution >= 0.6 is 0 Å². The van der Waals surface area contributed by atoms with Crippen molar-refractivity contribution in [3.8, 4) is 0 Å². The van der Waals surface area contributed by atoms with Crippen molar-refractivity contribution in [2.45, 2.75) is 19.4 Å². The average Bonchev–Trinajstić information content (AvgIpc) is 3.29. The normalized spacial score (nSPS) is 16.9. The Labute approximate surface area is 167 Å². The Morgan fingerprint density at radius 1 is 1.03 bits per heavy atom. The predicted molar refractivity (Wildman–Crippen MR) is 105 cm³/mol. The van der Waals surface area contributed by atoms with Crippen LogP contribution in [-0.2, 0) is 18.3 Å². The minimum Gasteiger partial charge on any atom is -0.378 e. The first-order valence-corrected chi connectivity index (χ1v) is 9.75. The number of aromatic nitrogens is 5. The van der Waals surface area contributed by atoms with Gasteiger partial charge in [0.2, 0.25) is 11.9 Å². The van der Waals surface area contributed by atoms with E-state index in [1.165, 1.54) is 19.2 Å². The van der Waals surface area contributed by atoms with E-state index < -0.39 is 5.91 Å². The summed E-state index contributed by atoms with van der Waals surface area (Å²) in [5.41, 5.74) is -0.112. The van der Waals surface area contributed by atoms with Crippen molar-refractivity contribution >= 4 is 17.8 Å². The molecule has 2 fully saturated rings. The summed E-state index contributed by atoms with van der Waals surface area (Å²) in [7, 11) is 1.50. The molecule has 1 amide bonds. The molecule has 4 heterocycles. The lowest BCUT2D eigenvalue weighted by atomic mass is 10.3. The van der Waals surface area contributed by atoms with Crippen LogP contribution < -0.4 is 20.7 Å². The molecule has 0 unspecified atom stereocenters. The van der Waals surface area contributed by atoms with E-state index in [0.29, 0.717) is 30.9 Å². The van der Waals surface area contributed by atoms with Gasteiger partial charge in [0.1, 0.15) is 5.69 Å². The van der Waals surface area contributed by atoms with Gasteiger partial charge in [0, 0.05) is 39.3 Å². The third-order valence-electron chi connectivity index (χ3n) is 4.94. The van der Waals surface area contributed by atoms with Gasteiger partial charge in [0.05, 0.1) is 19.8 Å². The Kier molecular flexibility index (Phi) is 5.65. The van der Waals surface area contributed by atoms with Crippen molar-refractivity contribution < 1.29 is 9.53 Å². The number of aryl methyl sites for hydroxylation is 1. The molecule has 0 atom stereocenters. The molecule has 0 spiro atoms. The molecule has 2 aromatic heterocycles. The minimum atomic E-state index is -0.392. The highest BCUT2D eigenvalue weighted by Gasteiger charge is 2.21. The number of morpholine rings is 1. The summed E-state index contributed by atoms with van der Waals surface area (Å²) in [6.45, 7) is 4.68. The number of ether oxygens (including phenoxy) is 1. The molecule has 2 aliphatic rings. The van der Waals surface area contributed by atoms with Crippen molar-refractivity contribution in [1.29, 1.82) is 0 Å². The predicted octanol–water partition coefficient (Wildman–Crippen LogP) is -0.668. The van der Waals surface area contributed by atoms with Crippen molar-refractivity contribution in [2.75, 3.05) is 49.2 Å². The number of nitrogens with one attached hydrogen (secondary N) is 1. The Hall–Kier alpha value is -3.08. The molecule has 11 heteroatoms. The number of rotatable bonds is 5. The minimum absolute atomic E-state index is 0.143. The maximum atomic E-state index is 12.4. The molecule has 2 aromatic rings. The monoisotopic (exact) mass is 400 g/mol. The van der Waals surface area contributed by atoms with Crippen molar-refractivity contribution in [3.63, 3.8) is 0 Å². The molecule has 0 radical (unpaired) electrons. The fourth-order valence-electron chi connectivity index (χ4n) is 3.31. The van der Waals surface area contributed by atoms with Gasteiger partial charge in [-0.1, -0.05) is 0 Å². The number of nitrogens with zero attached hydrogens (tertiary/aromatic N) is 7. The van der Waals surface area contributed by atoms with E-state index in [0.717, 1.165) is 43.7 Å². The van der Waals surface area contributed by atoms with Gasteiger partial charge in [-0.2, -0.15) is 20.1 Å². The van der Waals surface area contributed by atoms with Gasteiger partial charge in [0.15, 0.2) is 5.82 Å². The lowest BCUT2D eigenvalue weighted by Crippen LogP contribution is -2.38. The zero-order chi connectivity index (χ0) is 20.2. The summed E-state index contributed by atoms with van der Waals surface area (Å²) >= 11 is 0. The first-order valence-electron chi connectivity index (χ1n) is 9.75. The van der Waals surface area contributed by atoms with Crippen LogP contribution in [0.5, 0.6) is 0 Å². The third-order valence-corrected chi connectivity index (χ3v) is 4.94. The molecular formula is C18H24N8O3. The summed E-state index contributed by atoms with van der Waals surface area (Å²) in [4.78, 5) is 41.9. The Bertz CT molecular complexity index is 935. The summed E-state index contributed by atoms with van der Waals surface area (Å²) in [5.74, 6) is 1.34. The maximum absolute atomic E-state index is 12.4. The van der Waals surface area contributed by atoms with Crippen molar-refractivity contribution in [2.24, 2.45) is 7.05 Å². The van der Waals surface area contributed by atoms with E-state index in [-0.39, 0.29) is 17.8 Å². The topological polar surface area (TPSA) is 118 Å². The average molecular weight is 400 g/mol. The standard InChI is InChI=1S/C18H24N8O3/c1-24-15(27)5-4-13(23-24)16(28)19-12-14-20-17(25-6-2-3-7-25)22-18(21-14)26-8-10-29-11-9-26/h4-5H,2-3,6-12H2,1H3,(H,19,28). The Balaban J connectivity index is 1.53. The fourth-order valence-corrected chi connectivity index (χ4v) is 3.31. The first kappa shape index (κ1) is 19.2. The van der Waals surface area contributed by atoms with E-state index in [4.69, 9.17) is 4.74 Å². The molecule has 0 bridgehead atoms. The zero-order valence-electron chi connectivity index (χ0n) is 16.4. The number of anilines is 2. The SMILES string of the molecule is Cn1nc(C(=O)NCc2nc(N3CCCC3)nc(N3CCOCC3)n2)ccc1=O. The molecule has 2 saturated heterocycles. The summed E-state index contributed by atoms with van der Waals surface area (Å²) in [6, 6.07) is 2.72. The van der Waals surface area contributed by atoms with Crippen molar-refractivity contribution in [3.05, 3.63) is 34.0 Å². The number of carbonyl (C=O) groups is 1. The second-order valence-electron chi connectivity index (χ2n) is 7.01. The molecule has 29 heavy (non-hydrogen) atoms. The maximum Gasteiger partial charge on any atom is 0.272 e. The zero-order valence-corrected chi connectivity index (χ0v) is 16.4. The fraction of sp³-hybridized carbons (Fsp3) is 0.556. The first-order chi connectivity index (χ1) is 14.1. The lowest BCUT2D eigenvalue weighted by molar-refractivity contribution is 0.0942. The summed E-state index contributed by atoms with van der Waals surface area (Å²) < 4.78 is 6.54. The van der Waals surface area contributed by atoms with E-state index in [2.05, 4.69) is 35.2 Å². The number of hydrogen-bond donors (Lipinski definition) is 1. The molecule has 0 saturated carbocycles. The van der Waals surface area contributed by atoms with Gasteiger partial charge in [-0.25, -0.2) is 4.68 Å². The summed E-state index contributed by atoms with van der Waals surface area (Å²) in [6.07, 6.45) is 2.23. The van der Waals surface area contributed by atoms with Crippen LogP contribution in [0.1, 0.15) is 29.2 Å². The molecule has 0 aliphatic carbocycles. The van der Waals surface area contributed by atoms with Gasteiger partial charge < -0.3 is 19.9 Å². The van der Waals surface area contributed by atoms with Crippen molar-refractivity contribution in [1.82, 2.24) is 30.0 Å². The van der Waals surface area contributed by atoms with Crippen LogP contribution in [0.25, 0.3) is 0 Å². The highest BCUT2D eigenvalue weighted by Crippen LogP contribution is 2.19. The van der Waals surface area contributed by atoms with Crippen LogP contribution in [0.2, 0.25) is 0 Å². The largest absolute Gasteiger partial charge is 0.378 e. The van der Waals surface area contributed by atoms with Gasteiger partial charge in [-0.3, -0.25) is 9.59 Å². The second-order valence-corrected chi connectivity index (χ2v) is 7.01. The second kappa shape index (κ2) is 8.52. The number of hydrogen-bond acceptors (Lipinski definition) is 9. The Morgan fingerprint density at radius 3 is 2.34 bits per heavy atom. The molecule has 11 nitrogen and oxygen atoms in total. The quantitative estimate of drug-likeness (QED) is 0.697. The van der Waals surface area contributed by atoms with E-state index in [1.807, 2.05) is 0 Å². The molecular weight excluding hydrogens is 376 g/mol. The number of amides is 1. The lowest BCUT2D eigenvalue weighted by Gasteiger charge is -2.28. The summed E-state index contributed by atoms with van der Waals surface area (Å²) in [5, 5.41) is 6.74. The van der Waals surface area contributed by atoms with Crippen LogP contribution in [0.3, 0.4) is 0 Å². The van der Waals surface area contributed by atoms with Crippen LogP contribution in [0.15, 0.2) is 16.9 Å². The highest BCUT2D eigenvalue weighted by atomic mass is 16.5. The van der Waals surface area contributed by atoms with Crippen LogP contribution in [0.4, 0.5) is 11.9 Å². The van der Waals surface area contributed by atoms with Gasteiger partial charge in [-0.15, -0.1) is 0 Å². The smallest absolute Gasteiger partial charge is 0.272 e. The molecule has 2 aliphatic heterocycles. The van der Waals surface area contributed by atoms with Gasteiger partial charge >= 0.3 is 0 Å². The molecule has 4 rings (SSSR count). The van der Waals surface area contributed by atoms with Crippen LogP contribution in [-0.4, -0.2) is 70.0 Å². The van der Waals surface area contributed by atoms with Gasteiger partial charge in [-0.05, 0) is 18.9 Å². The number of carbonyl (C=O) groups excluding carboxylic acids is 1. The molecule has 0 aromatic carbocycles. The van der Waals surface area contributed by atoms with Crippen LogP contribution in [0, 0.1) is 0 Å². The molecule has 154 valence electrons. The van der Waals surface area contributed by atoms with E-state index in [1.54, 1.807) is 0 Å². The highest BCUT2D eigenvalue weighted by molar-refractivity contribution is 5.91. The van der Waals surface area contributed by atoms with E-state index in [9.17, 15) is 9.59 Å². The molecule has 1 N–H and O–H groups in total. The van der Waals surface area contributed by atoms with Gasteiger partial charge in [0.25, 0.3) is 11.5 Å².